The van der Waals surface area contributed by atoms with Crippen molar-refractivity contribution in [3.8, 4) is 6.07 Å². The van der Waals surface area contributed by atoms with Crippen molar-refractivity contribution in [2.75, 3.05) is 22.9 Å². The molecule has 0 unspecified atom stereocenters. The first-order chi connectivity index (χ1) is 18.2. The molecule has 1 N–H and O–H groups in total. The highest BCUT2D eigenvalue weighted by Crippen LogP contribution is 2.48. The highest BCUT2D eigenvalue weighted by molar-refractivity contribution is 7.81. The summed E-state index contributed by atoms with van der Waals surface area (Å²) in [4.78, 5) is 20.3. The third-order valence-electron chi connectivity index (χ3n) is 7.91. The quantitative estimate of drug-likeness (QED) is 0.492. The van der Waals surface area contributed by atoms with E-state index in [2.05, 4.69) is 15.4 Å². The normalized spacial score (nSPS) is 19.8. The van der Waals surface area contributed by atoms with Gasteiger partial charge in [0.05, 0.1) is 29.2 Å². The number of pyridine rings is 1. The van der Waals surface area contributed by atoms with Crippen molar-refractivity contribution >= 4 is 45.5 Å². The molecule has 3 aromatic rings. The van der Waals surface area contributed by atoms with Crippen LogP contribution in [0.2, 0.25) is 0 Å². The average Bonchev–Trinajstić information content (AvgIpc) is 3.38. The number of fused-ring (bicyclic) bond motifs is 1. The lowest BCUT2D eigenvalue weighted by Crippen LogP contribution is -2.55. The standard InChI is InChI=1S/C26H24F3N7OS/c27-26(28,29)20-11-19(14-32-21(20)12-30)35-23(37)25(6-1-7-25)36(24(35)38)18-2-3-22-17(10-18)13-33-34(22)15-16-4-8-31-9-5-16/h2-3,10-11,13-14,16,31H,1,4-9,15H2. The molecule has 38 heavy (non-hydrogen) atoms. The molecule has 0 bridgehead atoms. The Morgan fingerprint density at radius 3 is 2.58 bits per heavy atom. The van der Waals surface area contributed by atoms with Crippen LogP contribution in [0, 0.1) is 17.2 Å². The summed E-state index contributed by atoms with van der Waals surface area (Å²) in [7, 11) is 0. The summed E-state index contributed by atoms with van der Waals surface area (Å²) in [6.07, 6.45) is 2.16. The van der Waals surface area contributed by atoms with Crippen molar-refractivity contribution in [2.45, 2.75) is 50.4 Å². The van der Waals surface area contributed by atoms with Gasteiger partial charge in [0, 0.05) is 17.6 Å². The van der Waals surface area contributed by atoms with E-state index in [0.717, 1.165) is 67.0 Å². The number of piperidine rings is 1. The van der Waals surface area contributed by atoms with E-state index in [-0.39, 0.29) is 16.7 Å². The van der Waals surface area contributed by atoms with Crippen LogP contribution in [0.3, 0.4) is 0 Å². The molecule has 3 fully saturated rings. The molecular weight excluding hydrogens is 515 g/mol. The smallest absolute Gasteiger partial charge is 0.317 e. The van der Waals surface area contributed by atoms with Crippen LogP contribution in [0.25, 0.3) is 10.9 Å². The summed E-state index contributed by atoms with van der Waals surface area (Å²) in [6, 6.07) is 8.04. The minimum absolute atomic E-state index is 0.0933. The molecular formula is C26H24F3N7OS. The number of hydrogen-bond acceptors (Lipinski definition) is 6. The number of nitrogens with zero attached hydrogens (tertiary/aromatic N) is 6. The molecule has 0 atom stereocenters. The molecule has 6 rings (SSSR count). The predicted molar refractivity (Wildman–Crippen MR) is 138 cm³/mol. The van der Waals surface area contributed by atoms with Gasteiger partial charge in [0.1, 0.15) is 11.6 Å². The molecule has 0 radical (unpaired) electrons. The van der Waals surface area contributed by atoms with Gasteiger partial charge in [-0.2, -0.15) is 23.5 Å². The van der Waals surface area contributed by atoms with Gasteiger partial charge in [0.15, 0.2) is 10.8 Å². The zero-order valence-electron chi connectivity index (χ0n) is 20.3. The van der Waals surface area contributed by atoms with Crippen LogP contribution >= 0.6 is 12.2 Å². The molecule has 2 aromatic heterocycles. The van der Waals surface area contributed by atoms with Crippen molar-refractivity contribution in [1.29, 1.82) is 5.26 Å². The minimum atomic E-state index is -4.80. The Balaban J connectivity index is 1.36. The van der Waals surface area contributed by atoms with Gasteiger partial charge in [-0.05, 0) is 87.6 Å². The van der Waals surface area contributed by atoms with E-state index in [1.54, 1.807) is 11.1 Å². The van der Waals surface area contributed by atoms with Gasteiger partial charge >= 0.3 is 6.18 Å². The SMILES string of the molecule is N#Cc1ncc(N2C(=O)C3(CCC3)N(c3ccc4c(cnn4CC4CCNCC4)c3)C2=S)cc1C(F)(F)F. The number of carbonyl (C=O) groups is 1. The van der Waals surface area contributed by atoms with E-state index < -0.39 is 23.0 Å². The summed E-state index contributed by atoms with van der Waals surface area (Å²) < 4.78 is 42.9. The van der Waals surface area contributed by atoms with Crippen LogP contribution in [0.4, 0.5) is 24.5 Å². The van der Waals surface area contributed by atoms with Crippen molar-refractivity contribution in [3.05, 3.63) is 47.9 Å². The fraction of sp³-hybridized carbons (Fsp3) is 0.423. The highest BCUT2D eigenvalue weighted by Gasteiger charge is 2.59. The third-order valence-corrected chi connectivity index (χ3v) is 8.27. The first kappa shape index (κ1) is 24.8. The summed E-state index contributed by atoms with van der Waals surface area (Å²) in [5.74, 6) is 0.173. The molecule has 1 saturated carbocycles. The van der Waals surface area contributed by atoms with Gasteiger partial charge in [-0.15, -0.1) is 0 Å². The molecule has 8 nitrogen and oxygen atoms in total. The number of carbonyl (C=O) groups excluding carboxylic acids is 1. The Morgan fingerprint density at radius 1 is 1.16 bits per heavy atom. The van der Waals surface area contributed by atoms with E-state index in [9.17, 15) is 18.0 Å². The molecule has 2 aliphatic heterocycles. The van der Waals surface area contributed by atoms with Gasteiger partial charge in [0.25, 0.3) is 5.91 Å². The molecule has 1 aromatic carbocycles. The van der Waals surface area contributed by atoms with Gasteiger partial charge < -0.3 is 10.2 Å². The van der Waals surface area contributed by atoms with Crippen molar-refractivity contribution < 1.29 is 18.0 Å². The minimum Gasteiger partial charge on any atom is -0.317 e. The molecule has 196 valence electrons. The largest absolute Gasteiger partial charge is 0.419 e. The summed E-state index contributed by atoms with van der Waals surface area (Å²) >= 11 is 5.72. The molecule has 12 heteroatoms. The predicted octanol–water partition coefficient (Wildman–Crippen LogP) is 4.38. The van der Waals surface area contributed by atoms with Crippen LogP contribution in [0.15, 0.2) is 36.7 Å². The summed E-state index contributed by atoms with van der Waals surface area (Å²) in [5.41, 5.74) is -1.33. The van der Waals surface area contributed by atoms with Crippen LogP contribution < -0.4 is 15.1 Å². The number of rotatable bonds is 4. The highest BCUT2D eigenvalue weighted by atomic mass is 32.1. The van der Waals surface area contributed by atoms with E-state index in [1.165, 1.54) is 6.07 Å². The van der Waals surface area contributed by atoms with Gasteiger partial charge in [-0.1, -0.05) is 0 Å². The number of halogens is 3. The maximum Gasteiger partial charge on any atom is 0.419 e. The van der Waals surface area contributed by atoms with E-state index in [0.29, 0.717) is 24.4 Å². The third kappa shape index (κ3) is 3.84. The maximum atomic E-state index is 13.7. The number of thiocarbonyl (C=S) groups is 1. The van der Waals surface area contributed by atoms with E-state index in [1.807, 2.05) is 22.9 Å². The number of anilines is 2. The monoisotopic (exact) mass is 539 g/mol. The number of benzene rings is 1. The molecule has 1 amide bonds. The molecule has 4 heterocycles. The molecule has 1 spiro atoms. The lowest BCUT2D eigenvalue weighted by atomic mass is 9.75. The summed E-state index contributed by atoms with van der Waals surface area (Å²) in [5, 5.41) is 18.1. The zero-order valence-corrected chi connectivity index (χ0v) is 21.1. The molecule has 3 aliphatic rings. The fourth-order valence-corrected chi connectivity index (χ4v) is 6.23. The lowest BCUT2D eigenvalue weighted by molar-refractivity contribution is -0.138. The van der Waals surface area contributed by atoms with Gasteiger partial charge in [-0.3, -0.25) is 14.4 Å². The van der Waals surface area contributed by atoms with Crippen LogP contribution in [-0.2, 0) is 17.5 Å². The Labute approximate surface area is 222 Å². The Bertz CT molecular complexity index is 1480. The second kappa shape index (κ2) is 9.03. The molecule has 1 aliphatic carbocycles. The zero-order chi connectivity index (χ0) is 26.7. The van der Waals surface area contributed by atoms with Crippen LogP contribution in [0.1, 0.15) is 43.4 Å². The first-order valence-electron chi connectivity index (χ1n) is 12.6. The van der Waals surface area contributed by atoms with E-state index in [4.69, 9.17) is 17.5 Å². The number of aromatic nitrogens is 3. The summed E-state index contributed by atoms with van der Waals surface area (Å²) in [6.45, 7) is 2.84. The Morgan fingerprint density at radius 2 is 1.92 bits per heavy atom. The number of nitriles is 1. The van der Waals surface area contributed by atoms with Crippen molar-refractivity contribution in [2.24, 2.45) is 5.92 Å². The lowest BCUT2D eigenvalue weighted by Gasteiger charge is -2.43. The van der Waals surface area contributed by atoms with Crippen molar-refractivity contribution in [1.82, 2.24) is 20.1 Å². The second-order valence-electron chi connectivity index (χ2n) is 10.1. The number of amides is 1. The topological polar surface area (TPSA) is 90.1 Å². The number of hydrogen-bond donors (Lipinski definition) is 1. The number of nitrogens with one attached hydrogen (secondary N) is 1. The van der Waals surface area contributed by atoms with E-state index >= 15 is 0 Å². The fourth-order valence-electron chi connectivity index (χ4n) is 5.76. The van der Waals surface area contributed by atoms with Crippen molar-refractivity contribution in [3.63, 3.8) is 0 Å². The average molecular weight is 540 g/mol. The second-order valence-corrected chi connectivity index (χ2v) is 10.5. The van der Waals surface area contributed by atoms with Gasteiger partial charge in [-0.25, -0.2) is 4.98 Å². The maximum absolute atomic E-state index is 13.7. The van der Waals surface area contributed by atoms with Crippen LogP contribution in [0.5, 0.6) is 0 Å². The first-order valence-corrected chi connectivity index (χ1v) is 13.0. The van der Waals surface area contributed by atoms with Gasteiger partial charge in [0.2, 0.25) is 0 Å². The van der Waals surface area contributed by atoms with Crippen LogP contribution in [-0.4, -0.2) is 44.4 Å². The Hall–Kier alpha value is -3.56. The Kier molecular flexibility index (Phi) is 5.88. The number of alkyl halides is 3. The molecule has 2 saturated heterocycles.